The van der Waals surface area contributed by atoms with Gasteiger partial charge in [-0.1, -0.05) is 62.3 Å². The maximum atomic E-state index is 2.41. The Morgan fingerprint density at radius 1 is 0.875 bits per heavy atom. The van der Waals surface area contributed by atoms with E-state index in [1.165, 1.54) is 12.8 Å². The normalized spacial score (nSPS) is 17.6. The number of rotatable bonds is 4. The van der Waals surface area contributed by atoms with E-state index in [0.717, 1.165) is 11.8 Å². The fourth-order valence-corrected chi connectivity index (χ4v) is 2.16. The zero-order valence-corrected chi connectivity index (χ0v) is 13.1. The van der Waals surface area contributed by atoms with E-state index in [0.29, 0.717) is 10.8 Å². The summed E-state index contributed by atoms with van der Waals surface area (Å²) < 4.78 is 0. The van der Waals surface area contributed by atoms with E-state index in [4.69, 9.17) is 0 Å². The van der Waals surface area contributed by atoms with E-state index >= 15 is 0 Å². The summed E-state index contributed by atoms with van der Waals surface area (Å²) in [6.07, 6.45) is 2.60. The number of hydrogen-bond acceptors (Lipinski definition) is 0. The molecule has 97 valence electrons. The van der Waals surface area contributed by atoms with Crippen molar-refractivity contribution in [3.05, 3.63) is 5.92 Å². The summed E-state index contributed by atoms with van der Waals surface area (Å²) in [6, 6.07) is 0. The van der Waals surface area contributed by atoms with E-state index in [-0.39, 0.29) is 0 Å². The Kier molecular flexibility index (Phi) is 5.56. The molecule has 0 aromatic heterocycles. The van der Waals surface area contributed by atoms with Gasteiger partial charge in [0.15, 0.2) is 0 Å². The van der Waals surface area contributed by atoms with Gasteiger partial charge in [-0.2, -0.15) is 0 Å². The summed E-state index contributed by atoms with van der Waals surface area (Å²) in [4.78, 5) is 0. The molecule has 0 fully saturated rings. The predicted octanol–water partition coefficient (Wildman–Crippen LogP) is 5.73. The second-order valence-corrected chi connectivity index (χ2v) is 7.95. The molecule has 0 aliphatic heterocycles. The Bertz CT molecular complexity index is 189. The maximum Gasteiger partial charge on any atom is -0.0216 e. The Morgan fingerprint density at radius 3 is 1.62 bits per heavy atom. The van der Waals surface area contributed by atoms with Crippen LogP contribution in [0.5, 0.6) is 0 Å². The van der Waals surface area contributed by atoms with Crippen LogP contribution in [0.4, 0.5) is 0 Å². The first-order chi connectivity index (χ1) is 6.93. The maximum absolute atomic E-state index is 2.41. The van der Waals surface area contributed by atoms with Gasteiger partial charge in [-0.25, -0.2) is 0 Å². The molecular formula is C16H33. The van der Waals surface area contributed by atoms with Crippen LogP contribution in [0.1, 0.15) is 75.2 Å². The third-order valence-electron chi connectivity index (χ3n) is 3.81. The highest BCUT2D eigenvalue weighted by atomic mass is 14.3. The van der Waals surface area contributed by atoms with E-state index in [1.807, 2.05) is 0 Å². The molecule has 0 aromatic rings. The molecule has 0 N–H and O–H groups in total. The molecule has 0 bridgehead atoms. The zero-order chi connectivity index (χ0) is 13.1. The Hall–Kier alpha value is 0. The largest absolute Gasteiger partial charge is 0.0622 e. The van der Waals surface area contributed by atoms with Crippen LogP contribution in [0, 0.1) is 28.6 Å². The fourth-order valence-electron chi connectivity index (χ4n) is 2.16. The number of hydrogen-bond donors (Lipinski definition) is 0. The van der Waals surface area contributed by atoms with Crippen LogP contribution in [0.3, 0.4) is 0 Å². The molecule has 2 atom stereocenters. The first-order valence-electron chi connectivity index (χ1n) is 6.76. The molecular weight excluding hydrogens is 192 g/mol. The Balaban J connectivity index is 4.21. The van der Waals surface area contributed by atoms with Gasteiger partial charge in [0.2, 0.25) is 0 Å². The van der Waals surface area contributed by atoms with Crippen molar-refractivity contribution in [2.24, 2.45) is 22.7 Å². The van der Waals surface area contributed by atoms with Crippen molar-refractivity contribution in [2.75, 3.05) is 0 Å². The van der Waals surface area contributed by atoms with Crippen molar-refractivity contribution in [2.45, 2.75) is 75.2 Å². The lowest BCUT2D eigenvalue weighted by atomic mass is 9.72. The molecule has 16 heavy (non-hydrogen) atoms. The summed E-state index contributed by atoms with van der Waals surface area (Å²) in [5, 5.41) is 0. The van der Waals surface area contributed by atoms with Crippen molar-refractivity contribution < 1.29 is 0 Å². The minimum atomic E-state index is 0.371. The van der Waals surface area contributed by atoms with Crippen molar-refractivity contribution >= 4 is 0 Å². The highest BCUT2D eigenvalue weighted by molar-refractivity contribution is 4.97. The van der Waals surface area contributed by atoms with E-state index in [2.05, 4.69) is 62.3 Å². The van der Waals surface area contributed by atoms with Gasteiger partial charge in [0.25, 0.3) is 0 Å². The molecule has 0 saturated heterocycles. The second-order valence-electron chi connectivity index (χ2n) is 7.95. The van der Waals surface area contributed by atoms with Crippen LogP contribution in [0.2, 0.25) is 0 Å². The lowest BCUT2D eigenvalue weighted by molar-refractivity contribution is 0.232. The molecule has 1 radical (unpaired) electrons. The van der Waals surface area contributed by atoms with Crippen LogP contribution in [-0.4, -0.2) is 0 Å². The zero-order valence-electron chi connectivity index (χ0n) is 13.1. The first-order valence-corrected chi connectivity index (χ1v) is 6.76. The van der Waals surface area contributed by atoms with Gasteiger partial charge in [0.1, 0.15) is 0 Å². The van der Waals surface area contributed by atoms with E-state index in [1.54, 1.807) is 5.92 Å². The summed E-state index contributed by atoms with van der Waals surface area (Å²) in [6.45, 7) is 21.1. The Labute approximate surface area is 104 Å². The molecule has 0 aliphatic rings. The van der Waals surface area contributed by atoms with Crippen LogP contribution >= 0.6 is 0 Å². The summed E-state index contributed by atoms with van der Waals surface area (Å²) >= 11 is 0. The quantitative estimate of drug-likeness (QED) is 0.573. The first kappa shape index (κ1) is 16.0. The van der Waals surface area contributed by atoms with Gasteiger partial charge in [-0.3, -0.25) is 0 Å². The molecule has 2 unspecified atom stereocenters. The molecule has 0 saturated carbocycles. The van der Waals surface area contributed by atoms with Crippen molar-refractivity contribution in [1.29, 1.82) is 0 Å². The second kappa shape index (κ2) is 5.56. The topological polar surface area (TPSA) is 0 Å². The standard InChI is InChI=1S/C16H33/c1-12(10-14(3)16(7,8)9)13(2)11-15(4,5)6/h12-13H,10-11H2,1-9H3. The van der Waals surface area contributed by atoms with Crippen molar-refractivity contribution in [3.63, 3.8) is 0 Å². The fraction of sp³-hybridized carbons (Fsp3) is 0.938. The predicted molar refractivity (Wildman–Crippen MR) is 75.4 cm³/mol. The van der Waals surface area contributed by atoms with Gasteiger partial charge in [0.05, 0.1) is 0 Å². The summed E-state index contributed by atoms with van der Waals surface area (Å²) in [7, 11) is 0. The average molecular weight is 225 g/mol. The molecule has 0 heteroatoms. The third-order valence-corrected chi connectivity index (χ3v) is 3.81. The van der Waals surface area contributed by atoms with Gasteiger partial charge in [0, 0.05) is 0 Å². The van der Waals surface area contributed by atoms with Crippen LogP contribution in [0.25, 0.3) is 0 Å². The molecule has 0 amide bonds. The van der Waals surface area contributed by atoms with Gasteiger partial charge >= 0.3 is 0 Å². The van der Waals surface area contributed by atoms with E-state index < -0.39 is 0 Å². The third kappa shape index (κ3) is 6.55. The molecule has 0 nitrogen and oxygen atoms in total. The molecule has 0 aromatic carbocycles. The van der Waals surface area contributed by atoms with Crippen LogP contribution in [-0.2, 0) is 0 Å². The molecule has 0 aliphatic carbocycles. The highest BCUT2D eigenvalue weighted by Crippen LogP contribution is 2.37. The van der Waals surface area contributed by atoms with Gasteiger partial charge in [-0.15, -0.1) is 0 Å². The minimum Gasteiger partial charge on any atom is -0.0622 e. The minimum absolute atomic E-state index is 0.371. The summed E-state index contributed by atoms with van der Waals surface area (Å²) in [5.74, 6) is 3.26. The van der Waals surface area contributed by atoms with Crippen LogP contribution in [0.15, 0.2) is 0 Å². The molecule has 0 rings (SSSR count). The SMILES string of the molecule is C[C](CC(C)C(C)CC(C)(C)C)C(C)(C)C. The smallest absolute Gasteiger partial charge is 0.0216 e. The molecule has 0 spiro atoms. The lowest BCUT2D eigenvalue weighted by Crippen LogP contribution is -2.22. The van der Waals surface area contributed by atoms with E-state index in [9.17, 15) is 0 Å². The van der Waals surface area contributed by atoms with Crippen molar-refractivity contribution in [1.82, 2.24) is 0 Å². The summed E-state index contributed by atoms with van der Waals surface area (Å²) in [5.41, 5.74) is 0.832. The van der Waals surface area contributed by atoms with Gasteiger partial charge in [-0.05, 0) is 41.4 Å². The average Bonchev–Trinajstić information content (AvgIpc) is 1.98. The molecule has 0 heterocycles. The van der Waals surface area contributed by atoms with Gasteiger partial charge < -0.3 is 0 Å². The lowest BCUT2D eigenvalue weighted by Gasteiger charge is -2.33. The monoisotopic (exact) mass is 225 g/mol. The Morgan fingerprint density at radius 2 is 1.31 bits per heavy atom. The highest BCUT2D eigenvalue weighted by Gasteiger charge is 2.26. The van der Waals surface area contributed by atoms with Crippen molar-refractivity contribution in [3.8, 4) is 0 Å². The van der Waals surface area contributed by atoms with Crippen LogP contribution < -0.4 is 0 Å².